The molecule has 0 aliphatic heterocycles. The first-order valence-corrected chi connectivity index (χ1v) is 6.45. The van der Waals surface area contributed by atoms with Gasteiger partial charge in [-0.3, -0.25) is 0 Å². The molecule has 0 unspecified atom stereocenters. The summed E-state index contributed by atoms with van der Waals surface area (Å²) in [5.74, 6) is 1.92. The average Bonchev–Trinajstić information content (AvgIpc) is 2.97. The van der Waals surface area contributed by atoms with E-state index in [9.17, 15) is 0 Å². The van der Waals surface area contributed by atoms with Crippen LogP contribution < -0.4 is 5.73 Å². The van der Waals surface area contributed by atoms with Crippen LogP contribution in [0, 0.1) is 0 Å². The van der Waals surface area contributed by atoms with Crippen molar-refractivity contribution in [3.63, 3.8) is 0 Å². The smallest absolute Gasteiger partial charge is 0.112 e. The van der Waals surface area contributed by atoms with Gasteiger partial charge in [-0.1, -0.05) is 18.9 Å². The Morgan fingerprint density at radius 1 is 1.35 bits per heavy atom. The third-order valence-electron chi connectivity index (χ3n) is 3.94. The van der Waals surface area contributed by atoms with Crippen LogP contribution in [0.4, 0.5) is 0 Å². The number of hydrogen-bond acceptors (Lipinski definition) is 2. The highest BCUT2D eigenvalue weighted by molar-refractivity contribution is 5.77. The molecule has 1 aliphatic rings. The monoisotopic (exact) mass is 229 g/mol. The highest BCUT2D eigenvalue weighted by atomic mass is 15.1. The summed E-state index contributed by atoms with van der Waals surface area (Å²) in [6.07, 6.45) is 5.28. The van der Waals surface area contributed by atoms with Gasteiger partial charge >= 0.3 is 0 Å². The summed E-state index contributed by atoms with van der Waals surface area (Å²) in [5.41, 5.74) is 9.19. The molecule has 3 heteroatoms. The fourth-order valence-corrected chi connectivity index (χ4v) is 2.93. The van der Waals surface area contributed by atoms with Crippen LogP contribution in [0.3, 0.4) is 0 Å². The van der Waals surface area contributed by atoms with Crippen LogP contribution in [0.2, 0.25) is 0 Å². The predicted molar refractivity (Wildman–Crippen MR) is 69.8 cm³/mol. The van der Waals surface area contributed by atoms with Crippen molar-refractivity contribution in [2.45, 2.75) is 38.1 Å². The molecule has 90 valence electrons. The van der Waals surface area contributed by atoms with Gasteiger partial charge in [0, 0.05) is 19.5 Å². The van der Waals surface area contributed by atoms with Crippen LogP contribution in [0.25, 0.3) is 11.0 Å². The molecular weight excluding hydrogens is 210 g/mol. The fourth-order valence-electron chi connectivity index (χ4n) is 2.93. The summed E-state index contributed by atoms with van der Waals surface area (Å²) >= 11 is 0. The Morgan fingerprint density at radius 2 is 2.12 bits per heavy atom. The van der Waals surface area contributed by atoms with Crippen molar-refractivity contribution < 1.29 is 0 Å². The predicted octanol–water partition coefficient (Wildman–Crippen LogP) is 2.69. The zero-order valence-corrected chi connectivity index (χ0v) is 10.3. The van der Waals surface area contributed by atoms with E-state index < -0.39 is 0 Å². The fraction of sp³-hybridized carbons (Fsp3) is 0.500. The summed E-state index contributed by atoms with van der Waals surface area (Å²) in [7, 11) is 2.13. The molecule has 2 aromatic rings. The number of rotatable bonds is 2. The summed E-state index contributed by atoms with van der Waals surface area (Å²) in [6, 6.07) is 6.34. The molecule has 1 aliphatic carbocycles. The summed E-state index contributed by atoms with van der Waals surface area (Å²) in [4.78, 5) is 4.79. The quantitative estimate of drug-likeness (QED) is 0.860. The molecule has 2 N–H and O–H groups in total. The number of nitrogens with two attached hydrogens (primary N) is 1. The van der Waals surface area contributed by atoms with E-state index in [4.69, 9.17) is 10.7 Å². The van der Waals surface area contributed by atoms with Gasteiger partial charge in [0.05, 0.1) is 11.0 Å². The van der Waals surface area contributed by atoms with Gasteiger partial charge in [0.2, 0.25) is 0 Å². The maximum Gasteiger partial charge on any atom is 0.112 e. The lowest BCUT2D eigenvalue weighted by atomic mass is 10.1. The second-order valence-corrected chi connectivity index (χ2v) is 5.04. The van der Waals surface area contributed by atoms with E-state index in [1.54, 1.807) is 0 Å². The Labute approximate surface area is 102 Å². The minimum absolute atomic E-state index is 0.597. The van der Waals surface area contributed by atoms with Gasteiger partial charge in [0.25, 0.3) is 0 Å². The van der Waals surface area contributed by atoms with Crippen LogP contribution in [-0.4, -0.2) is 9.55 Å². The molecule has 0 radical (unpaired) electrons. The van der Waals surface area contributed by atoms with Crippen LogP contribution in [0.5, 0.6) is 0 Å². The first kappa shape index (κ1) is 10.8. The lowest BCUT2D eigenvalue weighted by Gasteiger charge is -2.08. The number of fused-ring (bicyclic) bond motifs is 1. The maximum atomic E-state index is 5.69. The van der Waals surface area contributed by atoms with Crippen molar-refractivity contribution in [1.82, 2.24) is 9.55 Å². The minimum Gasteiger partial charge on any atom is -0.331 e. The zero-order valence-electron chi connectivity index (χ0n) is 10.3. The molecule has 1 aromatic heterocycles. The number of nitrogens with zero attached hydrogens (tertiary/aromatic N) is 2. The number of imidazole rings is 1. The molecule has 1 saturated carbocycles. The molecule has 3 rings (SSSR count). The van der Waals surface area contributed by atoms with Crippen LogP contribution in [-0.2, 0) is 13.6 Å². The lowest BCUT2D eigenvalue weighted by Crippen LogP contribution is -2.02. The third-order valence-corrected chi connectivity index (χ3v) is 3.94. The first-order chi connectivity index (χ1) is 8.29. The van der Waals surface area contributed by atoms with E-state index in [1.807, 2.05) is 0 Å². The molecule has 1 heterocycles. The second kappa shape index (κ2) is 4.15. The van der Waals surface area contributed by atoms with E-state index in [0.717, 1.165) is 5.52 Å². The van der Waals surface area contributed by atoms with Gasteiger partial charge < -0.3 is 10.3 Å². The van der Waals surface area contributed by atoms with E-state index in [-0.39, 0.29) is 0 Å². The normalized spacial score (nSPS) is 17.1. The van der Waals surface area contributed by atoms with Gasteiger partial charge in [-0.2, -0.15) is 0 Å². The highest BCUT2D eigenvalue weighted by Crippen LogP contribution is 2.34. The second-order valence-electron chi connectivity index (χ2n) is 5.04. The summed E-state index contributed by atoms with van der Waals surface area (Å²) in [5, 5.41) is 0. The molecule has 0 spiro atoms. The lowest BCUT2D eigenvalue weighted by molar-refractivity contribution is 0.639. The maximum absolute atomic E-state index is 5.69. The third kappa shape index (κ3) is 1.75. The molecule has 0 atom stereocenters. The molecule has 0 amide bonds. The summed E-state index contributed by atoms with van der Waals surface area (Å²) in [6.45, 7) is 0.597. The van der Waals surface area contributed by atoms with E-state index >= 15 is 0 Å². The largest absolute Gasteiger partial charge is 0.331 e. The zero-order chi connectivity index (χ0) is 11.8. The average molecular weight is 229 g/mol. The van der Waals surface area contributed by atoms with E-state index in [1.165, 1.54) is 42.6 Å². The molecular formula is C14H19N3. The van der Waals surface area contributed by atoms with Crippen molar-refractivity contribution in [2.24, 2.45) is 12.8 Å². The number of hydrogen-bond donors (Lipinski definition) is 1. The SMILES string of the molecule is Cn1c(C2CCCC2)nc2ccc(CN)cc21. The van der Waals surface area contributed by atoms with Crippen LogP contribution in [0.1, 0.15) is 43.0 Å². The van der Waals surface area contributed by atoms with Gasteiger partial charge in [-0.25, -0.2) is 4.98 Å². The van der Waals surface area contributed by atoms with E-state index in [0.29, 0.717) is 12.5 Å². The molecule has 3 nitrogen and oxygen atoms in total. The van der Waals surface area contributed by atoms with Crippen molar-refractivity contribution in [1.29, 1.82) is 0 Å². The molecule has 17 heavy (non-hydrogen) atoms. The van der Waals surface area contributed by atoms with Crippen molar-refractivity contribution >= 4 is 11.0 Å². The van der Waals surface area contributed by atoms with Gasteiger partial charge in [-0.05, 0) is 30.5 Å². The van der Waals surface area contributed by atoms with Gasteiger partial charge in [-0.15, -0.1) is 0 Å². The first-order valence-electron chi connectivity index (χ1n) is 6.45. The van der Waals surface area contributed by atoms with Crippen molar-refractivity contribution in [2.75, 3.05) is 0 Å². The number of aryl methyl sites for hydroxylation is 1. The van der Waals surface area contributed by atoms with Gasteiger partial charge in [0.1, 0.15) is 5.82 Å². The van der Waals surface area contributed by atoms with Crippen LogP contribution >= 0.6 is 0 Å². The topological polar surface area (TPSA) is 43.8 Å². The molecule has 1 aromatic carbocycles. The highest BCUT2D eigenvalue weighted by Gasteiger charge is 2.22. The minimum atomic E-state index is 0.597. The number of benzene rings is 1. The van der Waals surface area contributed by atoms with Crippen molar-refractivity contribution in [3.05, 3.63) is 29.6 Å². The molecule has 1 fully saturated rings. The van der Waals surface area contributed by atoms with Crippen molar-refractivity contribution in [3.8, 4) is 0 Å². The standard InChI is InChI=1S/C14H19N3/c1-17-13-8-10(9-15)6-7-12(13)16-14(17)11-4-2-3-5-11/h6-8,11H,2-5,9,15H2,1H3. The Kier molecular flexibility index (Phi) is 2.63. The number of aromatic nitrogens is 2. The van der Waals surface area contributed by atoms with Gasteiger partial charge in [0.15, 0.2) is 0 Å². The Balaban J connectivity index is 2.11. The molecule has 0 saturated heterocycles. The molecule has 0 bridgehead atoms. The Hall–Kier alpha value is -1.35. The Morgan fingerprint density at radius 3 is 2.82 bits per heavy atom. The van der Waals surface area contributed by atoms with E-state index in [2.05, 4.69) is 29.8 Å². The van der Waals surface area contributed by atoms with Crippen LogP contribution in [0.15, 0.2) is 18.2 Å². The summed E-state index contributed by atoms with van der Waals surface area (Å²) < 4.78 is 2.25. The Bertz CT molecular complexity index is 536.